The summed E-state index contributed by atoms with van der Waals surface area (Å²) >= 11 is 0. The van der Waals surface area contributed by atoms with E-state index in [1.165, 1.54) is 19.3 Å². The van der Waals surface area contributed by atoms with E-state index < -0.39 is 0 Å². The Labute approximate surface area is 123 Å². The largest absolute Gasteiger partial charge is 0.352 e. The second-order valence-corrected chi connectivity index (χ2v) is 6.98. The van der Waals surface area contributed by atoms with Gasteiger partial charge in [-0.25, -0.2) is 0 Å². The molecule has 2 atom stereocenters. The fraction of sp³-hybridized carbons (Fsp3) is 0.938. The van der Waals surface area contributed by atoms with Crippen molar-refractivity contribution in [1.29, 1.82) is 0 Å². The number of rotatable bonds is 4. The summed E-state index contributed by atoms with van der Waals surface area (Å²) in [7, 11) is 0. The molecule has 0 aromatic heterocycles. The van der Waals surface area contributed by atoms with Gasteiger partial charge >= 0.3 is 0 Å². The standard InChI is InChI=1S/C16H31N3O/c1-12-3-7-15(8-4-12)18-16(20)11-19-10-14(9-17)6-5-13(19)2/h12-15H,3-11,17H2,1-2H3,(H,18,20). The average Bonchev–Trinajstić information content (AvgIpc) is 2.44. The van der Waals surface area contributed by atoms with E-state index >= 15 is 0 Å². The molecule has 1 heterocycles. The number of carbonyl (C=O) groups excluding carboxylic acids is 1. The van der Waals surface area contributed by atoms with E-state index in [-0.39, 0.29) is 5.91 Å². The minimum atomic E-state index is 0.203. The van der Waals surface area contributed by atoms with Crippen LogP contribution in [0.3, 0.4) is 0 Å². The summed E-state index contributed by atoms with van der Waals surface area (Å²) in [5.41, 5.74) is 5.78. The van der Waals surface area contributed by atoms with Crippen LogP contribution >= 0.6 is 0 Å². The summed E-state index contributed by atoms with van der Waals surface area (Å²) in [4.78, 5) is 14.5. The maximum Gasteiger partial charge on any atom is 0.234 e. The predicted molar refractivity (Wildman–Crippen MR) is 82.4 cm³/mol. The van der Waals surface area contributed by atoms with Crippen molar-refractivity contribution in [3.8, 4) is 0 Å². The molecule has 1 aliphatic carbocycles. The molecule has 1 saturated carbocycles. The third-order valence-corrected chi connectivity index (χ3v) is 5.17. The lowest BCUT2D eigenvalue weighted by Crippen LogP contribution is -2.50. The van der Waals surface area contributed by atoms with Gasteiger partial charge in [0, 0.05) is 18.6 Å². The molecule has 2 unspecified atom stereocenters. The van der Waals surface area contributed by atoms with Crippen LogP contribution in [-0.4, -0.2) is 42.5 Å². The van der Waals surface area contributed by atoms with Crippen molar-refractivity contribution in [2.45, 2.75) is 64.5 Å². The minimum Gasteiger partial charge on any atom is -0.352 e. The molecule has 4 nitrogen and oxygen atoms in total. The number of piperidine rings is 1. The molecule has 0 aromatic carbocycles. The molecule has 20 heavy (non-hydrogen) atoms. The number of nitrogens with two attached hydrogens (primary N) is 1. The first-order valence-electron chi connectivity index (χ1n) is 8.32. The zero-order valence-corrected chi connectivity index (χ0v) is 13.1. The first-order chi connectivity index (χ1) is 9.58. The van der Waals surface area contributed by atoms with Gasteiger partial charge in [-0.05, 0) is 63.8 Å². The SMILES string of the molecule is CC1CCC(NC(=O)CN2CC(CN)CCC2C)CC1. The molecule has 1 amide bonds. The van der Waals surface area contributed by atoms with Crippen molar-refractivity contribution >= 4 is 5.91 Å². The highest BCUT2D eigenvalue weighted by Crippen LogP contribution is 2.24. The quantitative estimate of drug-likeness (QED) is 0.825. The van der Waals surface area contributed by atoms with Crippen molar-refractivity contribution in [1.82, 2.24) is 10.2 Å². The molecule has 2 fully saturated rings. The van der Waals surface area contributed by atoms with Crippen LogP contribution in [0.15, 0.2) is 0 Å². The maximum atomic E-state index is 12.2. The number of carbonyl (C=O) groups is 1. The van der Waals surface area contributed by atoms with Gasteiger partial charge in [-0.15, -0.1) is 0 Å². The van der Waals surface area contributed by atoms with Crippen LogP contribution in [0.25, 0.3) is 0 Å². The zero-order chi connectivity index (χ0) is 14.5. The zero-order valence-electron chi connectivity index (χ0n) is 13.1. The third-order valence-electron chi connectivity index (χ3n) is 5.17. The number of likely N-dealkylation sites (tertiary alicyclic amines) is 1. The lowest BCUT2D eigenvalue weighted by molar-refractivity contribution is -0.124. The first kappa shape index (κ1) is 15.8. The Balaban J connectivity index is 1.75. The predicted octanol–water partition coefficient (Wildman–Crippen LogP) is 1.74. The van der Waals surface area contributed by atoms with E-state index in [1.54, 1.807) is 0 Å². The highest BCUT2D eigenvalue weighted by Gasteiger charge is 2.27. The molecular weight excluding hydrogens is 250 g/mol. The molecule has 1 aliphatic heterocycles. The fourth-order valence-corrected chi connectivity index (χ4v) is 3.54. The van der Waals surface area contributed by atoms with E-state index in [1.807, 2.05) is 0 Å². The topological polar surface area (TPSA) is 58.4 Å². The number of nitrogens with one attached hydrogen (secondary N) is 1. The van der Waals surface area contributed by atoms with Crippen LogP contribution in [0.5, 0.6) is 0 Å². The number of amides is 1. The summed E-state index contributed by atoms with van der Waals surface area (Å²) in [6, 6.07) is 0.916. The van der Waals surface area contributed by atoms with Gasteiger partial charge < -0.3 is 11.1 Å². The van der Waals surface area contributed by atoms with Gasteiger partial charge in [0.25, 0.3) is 0 Å². The second-order valence-electron chi connectivity index (χ2n) is 6.98. The molecule has 3 N–H and O–H groups in total. The van der Waals surface area contributed by atoms with Crippen molar-refractivity contribution in [2.75, 3.05) is 19.6 Å². The lowest BCUT2D eigenvalue weighted by atomic mass is 9.87. The van der Waals surface area contributed by atoms with Gasteiger partial charge in [0.2, 0.25) is 5.91 Å². The van der Waals surface area contributed by atoms with Gasteiger partial charge in [0.1, 0.15) is 0 Å². The third kappa shape index (κ3) is 4.45. The lowest BCUT2D eigenvalue weighted by Gasteiger charge is -2.37. The molecule has 0 spiro atoms. The van der Waals surface area contributed by atoms with E-state index in [2.05, 4.69) is 24.1 Å². The van der Waals surface area contributed by atoms with Gasteiger partial charge in [0.05, 0.1) is 6.54 Å². The molecule has 0 aromatic rings. The Hall–Kier alpha value is -0.610. The normalized spacial score (nSPS) is 35.8. The van der Waals surface area contributed by atoms with Crippen molar-refractivity contribution in [3.63, 3.8) is 0 Å². The summed E-state index contributed by atoms with van der Waals surface area (Å²) in [6.45, 7) is 6.80. The Morgan fingerprint density at radius 3 is 2.50 bits per heavy atom. The van der Waals surface area contributed by atoms with Crippen LogP contribution in [0.2, 0.25) is 0 Å². The molecule has 116 valence electrons. The van der Waals surface area contributed by atoms with Crippen LogP contribution in [0.4, 0.5) is 0 Å². The first-order valence-corrected chi connectivity index (χ1v) is 8.32. The van der Waals surface area contributed by atoms with Crippen molar-refractivity contribution in [2.24, 2.45) is 17.6 Å². The monoisotopic (exact) mass is 281 g/mol. The van der Waals surface area contributed by atoms with E-state index in [0.29, 0.717) is 24.5 Å². The second kappa shape index (κ2) is 7.41. The van der Waals surface area contributed by atoms with E-state index in [0.717, 1.165) is 38.3 Å². The smallest absolute Gasteiger partial charge is 0.234 e. The molecule has 1 saturated heterocycles. The highest BCUT2D eigenvalue weighted by atomic mass is 16.2. The van der Waals surface area contributed by atoms with Crippen LogP contribution < -0.4 is 11.1 Å². The molecule has 0 bridgehead atoms. The summed E-state index contributed by atoms with van der Waals surface area (Å²) < 4.78 is 0. The van der Waals surface area contributed by atoms with Gasteiger partial charge in [0.15, 0.2) is 0 Å². The van der Waals surface area contributed by atoms with E-state index in [9.17, 15) is 4.79 Å². The van der Waals surface area contributed by atoms with Crippen LogP contribution in [-0.2, 0) is 4.79 Å². The molecular formula is C16H31N3O. The van der Waals surface area contributed by atoms with Crippen LogP contribution in [0, 0.1) is 11.8 Å². The van der Waals surface area contributed by atoms with Crippen LogP contribution in [0.1, 0.15) is 52.4 Å². The molecule has 4 heteroatoms. The van der Waals surface area contributed by atoms with E-state index in [4.69, 9.17) is 5.73 Å². The molecule has 2 aliphatic rings. The summed E-state index contributed by atoms with van der Waals surface area (Å²) in [6.07, 6.45) is 7.16. The molecule has 2 rings (SSSR count). The number of hydrogen-bond acceptors (Lipinski definition) is 3. The Kier molecular flexibility index (Phi) is 5.85. The average molecular weight is 281 g/mol. The van der Waals surface area contributed by atoms with Gasteiger partial charge in [-0.3, -0.25) is 9.69 Å². The van der Waals surface area contributed by atoms with Crippen molar-refractivity contribution < 1.29 is 4.79 Å². The number of hydrogen-bond donors (Lipinski definition) is 2. The molecule has 0 radical (unpaired) electrons. The van der Waals surface area contributed by atoms with Crippen molar-refractivity contribution in [3.05, 3.63) is 0 Å². The number of nitrogens with zero attached hydrogens (tertiary/aromatic N) is 1. The van der Waals surface area contributed by atoms with Gasteiger partial charge in [-0.2, -0.15) is 0 Å². The Morgan fingerprint density at radius 1 is 1.15 bits per heavy atom. The summed E-state index contributed by atoms with van der Waals surface area (Å²) in [5, 5.41) is 3.23. The summed E-state index contributed by atoms with van der Waals surface area (Å²) in [5.74, 6) is 1.60. The fourth-order valence-electron chi connectivity index (χ4n) is 3.54. The maximum absolute atomic E-state index is 12.2. The van der Waals surface area contributed by atoms with Gasteiger partial charge in [-0.1, -0.05) is 6.92 Å². The Bertz CT molecular complexity index is 313. The minimum absolute atomic E-state index is 0.203. The highest BCUT2D eigenvalue weighted by molar-refractivity contribution is 5.78. The Morgan fingerprint density at radius 2 is 1.85 bits per heavy atom.